The molecule has 4 nitrogen and oxygen atoms in total. The number of hydrogen-bond donors (Lipinski definition) is 0. The van der Waals surface area contributed by atoms with E-state index in [1.165, 1.54) is 19.8 Å². The van der Waals surface area contributed by atoms with Crippen molar-refractivity contribution >= 4 is 11.9 Å². The number of allylic oxidation sites excluding steroid dienone is 2. The van der Waals surface area contributed by atoms with Crippen LogP contribution >= 0.6 is 0 Å². The number of hydrogen-bond acceptors (Lipinski definition) is 4. The van der Waals surface area contributed by atoms with Crippen molar-refractivity contribution in [3.63, 3.8) is 0 Å². The zero-order valence-corrected chi connectivity index (χ0v) is 12.4. The number of rotatable bonds is 4. The van der Waals surface area contributed by atoms with Crippen molar-refractivity contribution in [3.8, 4) is 0 Å². The Labute approximate surface area is 119 Å². The predicted molar refractivity (Wildman–Crippen MR) is 74.8 cm³/mol. The molecule has 2 unspecified atom stereocenters. The lowest BCUT2D eigenvalue weighted by Crippen LogP contribution is -2.31. The molecular formula is C16H22O4. The van der Waals surface area contributed by atoms with Crippen LogP contribution in [0.3, 0.4) is 0 Å². The Hall–Kier alpha value is -1.58. The molecule has 2 rings (SSSR count). The summed E-state index contributed by atoms with van der Waals surface area (Å²) in [6.45, 7) is 5.99. The molecule has 2 atom stereocenters. The fraction of sp³-hybridized carbons (Fsp3) is 0.625. The summed E-state index contributed by atoms with van der Waals surface area (Å²) in [5, 5.41) is 0. The van der Waals surface area contributed by atoms with Gasteiger partial charge >= 0.3 is 11.9 Å². The number of carbonyl (C=O) groups excluding carboxylic acids is 2. The smallest absolute Gasteiger partial charge is 0.324 e. The Morgan fingerprint density at radius 1 is 1.25 bits per heavy atom. The van der Waals surface area contributed by atoms with Gasteiger partial charge < -0.3 is 9.47 Å². The van der Waals surface area contributed by atoms with Crippen molar-refractivity contribution < 1.29 is 19.1 Å². The van der Waals surface area contributed by atoms with Gasteiger partial charge in [-0.2, -0.15) is 0 Å². The second-order valence-electron chi connectivity index (χ2n) is 5.68. The van der Waals surface area contributed by atoms with E-state index in [0.717, 1.165) is 36.8 Å². The summed E-state index contributed by atoms with van der Waals surface area (Å²) >= 11 is 0. The van der Waals surface area contributed by atoms with E-state index in [1.54, 1.807) is 0 Å². The van der Waals surface area contributed by atoms with Crippen LogP contribution in [0, 0.1) is 17.8 Å². The van der Waals surface area contributed by atoms with E-state index >= 15 is 0 Å². The topological polar surface area (TPSA) is 52.6 Å². The van der Waals surface area contributed by atoms with Crippen LogP contribution in [0.4, 0.5) is 0 Å². The third kappa shape index (κ3) is 2.39. The average molecular weight is 278 g/mol. The fourth-order valence-electron chi connectivity index (χ4n) is 3.63. The van der Waals surface area contributed by atoms with Gasteiger partial charge in [0.05, 0.1) is 14.2 Å². The van der Waals surface area contributed by atoms with E-state index in [0.29, 0.717) is 5.92 Å². The van der Waals surface area contributed by atoms with Gasteiger partial charge in [0.25, 0.3) is 0 Å². The van der Waals surface area contributed by atoms with E-state index in [4.69, 9.17) is 9.47 Å². The highest BCUT2D eigenvalue weighted by atomic mass is 16.5. The molecule has 2 aliphatic rings. The van der Waals surface area contributed by atoms with Gasteiger partial charge in [0.1, 0.15) is 0 Å². The standard InChI is InChI=1S/C16H22O4/c1-9(2)12-8-10-6-5-7-11(10)13(12)14(15(17)19-3)16(18)20-4/h10,12,14H,1,5-8H2,2-4H3. The maximum Gasteiger partial charge on any atom is 0.324 e. The highest BCUT2D eigenvalue weighted by Crippen LogP contribution is 2.51. The first kappa shape index (κ1) is 14.8. The summed E-state index contributed by atoms with van der Waals surface area (Å²) in [5.74, 6) is -1.40. The molecule has 0 bridgehead atoms. The van der Waals surface area contributed by atoms with Gasteiger partial charge in [-0.25, -0.2) is 0 Å². The summed E-state index contributed by atoms with van der Waals surface area (Å²) in [6, 6.07) is 0. The van der Waals surface area contributed by atoms with Crippen LogP contribution in [0.1, 0.15) is 32.6 Å². The Morgan fingerprint density at radius 2 is 1.85 bits per heavy atom. The van der Waals surface area contributed by atoms with Gasteiger partial charge in [-0.05, 0) is 44.1 Å². The number of esters is 2. The SMILES string of the molecule is C=C(C)C1CC2CCCC2=C1C(C(=O)OC)C(=O)OC. The third-order valence-corrected chi connectivity index (χ3v) is 4.54. The molecule has 0 aromatic carbocycles. The Kier molecular flexibility index (Phi) is 4.31. The molecular weight excluding hydrogens is 256 g/mol. The minimum absolute atomic E-state index is 0.0958. The van der Waals surface area contributed by atoms with E-state index in [1.807, 2.05) is 6.92 Å². The number of carbonyl (C=O) groups is 2. The normalized spacial score (nSPS) is 24.8. The summed E-state index contributed by atoms with van der Waals surface area (Å²) in [5.41, 5.74) is 3.16. The Morgan fingerprint density at radius 3 is 2.35 bits per heavy atom. The average Bonchev–Trinajstić information content (AvgIpc) is 3.00. The van der Waals surface area contributed by atoms with Crippen LogP contribution in [-0.2, 0) is 19.1 Å². The van der Waals surface area contributed by atoms with Gasteiger partial charge in [0.15, 0.2) is 5.92 Å². The molecule has 0 aliphatic heterocycles. The molecule has 20 heavy (non-hydrogen) atoms. The minimum atomic E-state index is -0.926. The summed E-state index contributed by atoms with van der Waals surface area (Å²) in [7, 11) is 2.61. The van der Waals surface area contributed by atoms with Gasteiger partial charge in [-0.15, -0.1) is 0 Å². The zero-order valence-electron chi connectivity index (χ0n) is 12.4. The number of methoxy groups -OCH3 is 2. The number of fused-ring (bicyclic) bond motifs is 1. The summed E-state index contributed by atoms with van der Waals surface area (Å²) in [6.07, 6.45) is 4.19. The molecule has 0 amide bonds. The fourth-order valence-corrected chi connectivity index (χ4v) is 3.63. The molecule has 110 valence electrons. The molecule has 0 saturated heterocycles. The first-order valence-electron chi connectivity index (χ1n) is 7.05. The molecule has 0 N–H and O–H groups in total. The Balaban J connectivity index is 2.47. The summed E-state index contributed by atoms with van der Waals surface area (Å²) < 4.78 is 9.64. The minimum Gasteiger partial charge on any atom is -0.468 e. The lowest BCUT2D eigenvalue weighted by atomic mass is 9.84. The highest BCUT2D eigenvalue weighted by molar-refractivity contribution is 5.98. The predicted octanol–water partition coefficient (Wildman–Crippen LogP) is 2.64. The van der Waals surface area contributed by atoms with Crippen molar-refractivity contribution in [3.05, 3.63) is 23.3 Å². The highest BCUT2D eigenvalue weighted by Gasteiger charge is 2.45. The first-order chi connectivity index (χ1) is 9.51. The second kappa shape index (κ2) is 5.81. The molecule has 0 spiro atoms. The van der Waals surface area contributed by atoms with Crippen molar-refractivity contribution in [2.24, 2.45) is 17.8 Å². The van der Waals surface area contributed by atoms with Crippen LogP contribution < -0.4 is 0 Å². The van der Waals surface area contributed by atoms with Crippen LogP contribution in [0.25, 0.3) is 0 Å². The van der Waals surface area contributed by atoms with Gasteiger partial charge in [0.2, 0.25) is 0 Å². The maximum atomic E-state index is 12.1. The third-order valence-electron chi connectivity index (χ3n) is 4.54. The van der Waals surface area contributed by atoms with Crippen LogP contribution in [0.15, 0.2) is 23.3 Å². The van der Waals surface area contributed by atoms with Crippen molar-refractivity contribution in [2.45, 2.75) is 32.6 Å². The van der Waals surface area contributed by atoms with E-state index < -0.39 is 17.9 Å². The first-order valence-corrected chi connectivity index (χ1v) is 7.05. The largest absolute Gasteiger partial charge is 0.468 e. The zero-order chi connectivity index (χ0) is 14.9. The van der Waals surface area contributed by atoms with Crippen LogP contribution in [0.2, 0.25) is 0 Å². The molecule has 0 aromatic rings. The lowest BCUT2D eigenvalue weighted by molar-refractivity contribution is -0.156. The lowest BCUT2D eigenvalue weighted by Gasteiger charge is -2.22. The van der Waals surface area contributed by atoms with E-state index in [9.17, 15) is 9.59 Å². The Bertz CT molecular complexity index is 459. The van der Waals surface area contributed by atoms with Gasteiger partial charge in [-0.3, -0.25) is 9.59 Å². The van der Waals surface area contributed by atoms with E-state index in [2.05, 4.69) is 6.58 Å². The summed E-state index contributed by atoms with van der Waals surface area (Å²) in [4.78, 5) is 24.1. The van der Waals surface area contributed by atoms with Gasteiger partial charge in [-0.1, -0.05) is 17.7 Å². The molecule has 1 fully saturated rings. The van der Waals surface area contributed by atoms with Crippen LogP contribution in [-0.4, -0.2) is 26.2 Å². The molecule has 0 radical (unpaired) electrons. The molecule has 0 aromatic heterocycles. The van der Waals surface area contributed by atoms with E-state index in [-0.39, 0.29) is 5.92 Å². The molecule has 0 heterocycles. The number of ether oxygens (including phenoxy) is 2. The van der Waals surface area contributed by atoms with Crippen molar-refractivity contribution in [2.75, 3.05) is 14.2 Å². The van der Waals surface area contributed by atoms with Gasteiger partial charge in [0, 0.05) is 5.92 Å². The van der Waals surface area contributed by atoms with Crippen molar-refractivity contribution in [1.29, 1.82) is 0 Å². The molecule has 2 aliphatic carbocycles. The second-order valence-corrected chi connectivity index (χ2v) is 5.68. The molecule has 1 saturated carbocycles. The quantitative estimate of drug-likeness (QED) is 0.450. The maximum absolute atomic E-state index is 12.1. The monoisotopic (exact) mass is 278 g/mol. The van der Waals surface area contributed by atoms with Crippen LogP contribution in [0.5, 0.6) is 0 Å². The van der Waals surface area contributed by atoms with Crippen molar-refractivity contribution in [1.82, 2.24) is 0 Å². The molecule has 4 heteroatoms.